The van der Waals surface area contributed by atoms with Crippen molar-refractivity contribution in [3.05, 3.63) is 0 Å². The first-order valence-electron chi connectivity index (χ1n) is 3.00. The number of hydrogen-bond donors (Lipinski definition) is 2. The van der Waals surface area contributed by atoms with Crippen LogP contribution in [-0.2, 0) is 4.79 Å². The molecular formula is C6H13NO2. The lowest BCUT2D eigenvalue weighted by atomic mass is 10.1. The van der Waals surface area contributed by atoms with E-state index in [-0.39, 0.29) is 11.7 Å². The molecule has 9 heavy (non-hydrogen) atoms. The van der Waals surface area contributed by atoms with Crippen LogP contribution in [0.5, 0.6) is 0 Å². The molecule has 3 heteroatoms. The molecule has 0 aromatic carbocycles. The molecule has 3 nitrogen and oxygen atoms in total. The molecule has 0 radical (unpaired) electrons. The number of Topliss-reactive ketones (excluding diaryl/α,β-unsaturated/α-hetero) is 1. The smallest absolute Gasteiger partial charge is 0.176 e. The highest BCUT2D eigenvalue weighted by Gasteiger charge is 2.10. The fourth-order valence-electron chi connectivity index (χ4n) is 0.523. The lowest BCUT2D eigenvalue weighted by Gasteiger charge is -2.04. The third kappa shape index (κ3) is 4.12. The summed E-state index contributed by atoms with van der Waals surface area (Å²) >= 11 is 0. The molecule has 54 valence electrons. The first-order chi connectivity index (χ1) is 4.04. The third-order valence-electron chi connectivity index (χ3n) is 0.939. The Hall–Kier alpha value is -0.410. The van der Waals surface area contributed by atoms with E-state index in [4.69, 9.17) is 10.8 Å². The van der Waals surface area contributed by atoms with Crippen molar-refractivity contribution in [3.63, 3.8) is 0 Å². The highest BCUT2D eigenvalue weighted by atomic mass is 16.3. The van der Waals surface area contributed by atoms with Gasteiger partial charge < -0.3 is 5.11 Å². The van der Waals surface area contributed by atoms with Gasteiger partial charge in [-0.05, 0) is 5.92 Å². The second kappa shape index (κ2) is 3.58. The predicted molar refractivity (Wildman–Crippen MR) is 34.7 cm³/mol. The van der Waals surface area contributed by atoms with Crippen LogP contribution >= 0.6 is 0 Å². The topological polar surface area (TPSA) is 63.3 Å². The van der Waals surface area contributed by atoms with E-state index in [0.29, 0.717) is 6.42 Å². The summed E-state index contributed by atoms with van der Waals surface area (Å²) in [6, 6.07) is 0. The number of rotatable bonds is 3. The SMILES string of the molecule is CC(C)CC(=O)C(N)O. The largest absolute Gasteiger partial charge is 0.371 e. The molecule has 0 aromatic heterocycles. The van der Waals surface area contributed by atoms with Crippen LogP contribution in [0.25, 0.3) is 0 Å². The van der Waals surface area contributed by atoms with Gasteiger partial charge in [-0.25, -0.2) is 0 Å². The van der Waals surface area contributed by atoms with Gasteiger partial charge in [0.25, 0.3) is 0 Å². The maximum Gasteiger partial charge on any atom is 0.176 e. The number of aliphatic hydroxyl groups excluding tert-OH is 1. The van der Waals surface area contributed by atoms with Gasteiger partial charge in [0.05, 0.1) is 0 Å². The lowest BCUT2D eigenvalue weighted by molar-refractivity contribution is -0.127. The molecule has 0 saturated heterocycles. The Morgan fingerprint density at radius 1 is 1.67 bits per heavy atom. The van der Waals surface area contributed by atoms with Crippen molar-refractivity contribution in [1.29, 1.82) is 0 Å². The molecule has 0 rings (SSSR count). The average Bonchev–Trinajstić information content (AvgIpc) is 1.63. The van der Waals surface area contributed by atoms with Crippen LogP contribution in [0.2, 0.25) is 0 Å². The fraction of sp³-hybridized carbons (Fsp3) is 0.833. The van der Waals surface area contributed by atoms with Gasteiger partial charge in [0.1, 0.15) is 0 Å². The molecule has 0 aromatic rings. The van der Waals surface area contributed by atoms with Crippen LogP contribution < -0.4 is 5.73 Å². The van der Waals surface area contributed by atoms with Crippen molar-refractivity contribution in [3.8, 4) is 0 Å². The van der Waals surface area contributed by atoms with Gasteiger partial charge in [-0.1, -0.05) is 13.8 Å². The Bertz CT molecular complexity index is 99.2. The number of carbonyl (C=O) groups is 1. The lowest BCUT2D eigenvalue weighted by Crippen LogP contribution is -2.30. The maximum atomic E-state index is 10.6. The van der Waals surface area contributed by atoms with E-state index in [1.807, 2.05) is 13.8 Å². The minimum absolute atomic E-state index is 0.274. The zero-order valence-corrected chi connectivity index (χ0v) is 5.79. The summed E-state index contributed by atoms with van der Waals surface area (Å²) in [5, 5.41) is 8.50. The van der Waals surface area contributed by atoms with Crippen molar-refractivity contribution < 1.29 is 9.90 Å². The van der Waals surface area contributed by atoms with Gasteiger partial charge in [0.2, 0.25) is 0 Å². The van der Waals surface area contributed by atoms with E-state index in [9.17, 15) is 4.79 Å². The van der Waals surface area contributed by atoms with Crippen LogP contribution in [-0.4, -0.2) is 17.1 Å². The molecule has 0 fully saturated rings. The highest BCUT2D eigenvalue weighted by molar-refractivity contribution is 5.82. The summed E-state index contributed by atoms with van der Waals surface area (Å²) in [4.78, 5) is 10.6. The predicted octanol–water partition coefficient (Wildman–Crippen LogP) is -0.121. The molecular weight excluding hydrogens is 118 g/mol. The van der Waals surface area contributed by atoms with Crippen molar-refractivity contribution in [2.24, 2.45) is 11.7 Å². The summed E-state index contributed by atoms with van der Waals surface area (Å²) in [7, 11) is 0. The third-order valence-corrected chi connectivity index (χ3v) is 0.939. The average molecular weight is 131 g/mol. The number of hydrogen-bond acceptors (Lipinski definition) is 3. The van der Waals surface area contributed by atoms with Crippen molar-refractivity contribution in [1.82, 2.24) is 0 Å². The Morgan fingerprint density at radius 2 is 2.11 bits per heavy atom. The molecule has 3 N–H and O–H groups in total. The summed E-state index contributed by atoms with van der Waals surface area (Å²) in [5.41, 5.74) is 4.89. The minimum atomic E-state index is -1.28. The van der Waals surface area contributed by atoms with Crippen LogP contribution in [0.4, 0.5) is 0 Å². The summed E-state index contributed by atoms with van der Waals surface area (Å²) < 4.78 is 0. The van der Waals surface area contributed by atoms with Gasteiger partial charge in [-0.3, -0.25) is 10.5 Å². The van der Waals surface area contributed by atoms with E-state index in [1.165, 1.54) is 0 Å². The zero-order valence-electron chi connectivity index (χ0n) is 5.79. The number of aliphatic hydroxyl groups is 1. The minimum Gasteiger partial charge on any atom is -0.371 e. The molecule has 0 spiro atoms. The van der Waals surface area contributed by atoms with E-state index in [0.717, 1.165) is 0 Å². The normalized spacial score (nSPS) is 13.9. The van der Waals surface area contributed by atoms with Crippen LogP contribution in [0.1, 0.15) is 20.3 Å². The number of ketones is 1. The molecule has 0 saturated carbocycles. The van der Waals surface area contributed by atoms with Crippen LogP contribution in [0, 0.1) is 5.92 Å². The first kappa shape index (κ1) is 8.59. The van der Waals surface area contributed by atoms with Crippen molar-refractivity contribution in [2.75, 3.05) is 0 Å². The van der Waals surface area contributed by atoms with E-state index in [2.05, 4.69) is 0 Å². The van der Waals surface area contributed by atoms with Gasteiger partial charge in [-0.15, -0.1) is 0 Å². The Morgan fingerprint density at radius 3 is 2.22 bits per heavy atom. The zero-order chi connectivity index (χ0) is 7.44. The highest BCUT2D eigenvalue weighted by Crippen LogP contribution is 2.00. The van der Waals surface area contributed by atoms with E-state index in [1.54, 1.807) is 0 Å². The van der Waals surface area contributed by atoms with Gasteiger partial charge in [0, 0.05) is 6.42 Å². The Balaban J connectivity index is 3.51. The molecule has 0 aliphatic heterocycles. The van der Waals surface area contributed by atoms with E-state index < -0.39 is 6.23 Å². The number of nitrogens with two attached hydrogens (primary N) is 1. The van der Waals surface area contributed by atoms with Gasteiger partial charge >= 0.3 is 0 Å². The first-order valence-corrected chi connectivity index (χ1v) is 3.00. The summed E-state index contributed by atoms with van der Waals surface area (Å²) in [5.74, 6) is -0.0132. The maximum absolute atomic E-state index is 10.6. The Kier molecular flexibility index (Phi) is 3.42. The van der Waals surface area contributed by atoms with E-state index >= 15 is 0 Å². The van der Waals surface area contributed by atoms with Crippen LogP contribution in [0.3, 0.4) is 0 Å². The molecule has 0 aliphatic rings. The van der Waals surface area contributed by atoms with Crippen LogP contribution in [0.15, 0.2) is 0 Å². The molecule has 0 aliphatic carbocycles. The second-order valence-electron chi connectivity index (χ2n) is 2.51. The standard InChI is InChI=1S/C6H13NO2/c1-4(2)3-5(8)6(7)9/h4,6,9H,3,7H2,1-2H3. The quantitative estimate of drug-likeness (QED) is 0.525. The fourth-order valence-corrected chi connectivity index (χ4v) is 0.523. The van der Waals surface area contributed by atoms with Crippen molar-refractivity contribution in [2.45, 2.75) is 26.5 Å². The number of carbonyl (C=O) groups excluding carboxylic acids is 1. The van der Waals surface area contributed by atoms with Gasteiger partial charge in [0.15, 0.2) is 12.0 Å². The van der Waals surface area contributed by atoms with Crippen molar-refractivity contribution >= 4 is 5.78 Å². The molecule has 1 unspecified atom stereocenters. The molecule has 0 heterocycles. The van der Waals surface area contributed by atoms with Gasteiger partial charge in [-0.2, -0.15) is 0 Å². The monoisotopic (exact) mass is 131 g/mol. The molecule has 0 bridgehead atoms. The molecule has 1 atom stereocenters. The summed E-state index contributed by atoms with van der Waals surface area (Å²) in [6.07, 6.45) is -0.926. The second-order valence-corrected chi connectivity index (χ2v) is 2.51. The molecule has 0 amide bonds. The Labute approximate surface area is 54.9 Å². The summed E-state index contributed by atoms with van der Waals surface area (Å²) in [6.45, 7) is 3.81.